The zero-order valence-corrected chi connectivity index (χ0v) is 12.6. The minimum absolute atomic E-state index is 0. The highest BCUT2D eigenvalue weighted by atomic mass is 35.5. The second kappa shape index (κ2) is 8.77. The van der Waals surface area contributed by atoms with Crippen LogP contribution in [0, 0.1) is 0 Å². The lowest BCUT2D eigenvalue weighted by atomic mass is 10.1. The molecule has 0 bridgehead atoms. The first-order valence-corrected chi connectivity index (χ1v) is 7.51. The van der Waals surface area contributed by atoms with E-state index in [-0.39, 0.29) is 18.3 Å². The van der Waals surface area contributed by atoms with Crippen LogP contribution in [0.5, 0.6) is 0 Å². The van der Waals surface area contributed by atoms with Gasteiger partial charge in [0.15, 0.2) is 0 Å². The van der Waals surface area contributed by atoms with E-state index in [1.807, 2.05) is 0 Å². The molecule has 4 nitrogen and oxygen atoms in total. The number of nitrogens with one attached hydrogen (secondary N) is 1. The van der Waals surface area contributed by atoms with Gasteiger partial charge in [0.25, 0.3) is 0 Å². The lowest BCUT2D eigenvalue weighted by Crippen LogP contribution is -2.46. The number of nitrogens with zero attached hydrogens (tertiary/aromatic N) is 1. The molecule has 1 saturated heterocycles. The van der Waals surface area contributed by atoms with E-state index in [0.717, 1.165) is 38.8 Å². The highest BCUT2D eigenvalue weighted by Crippen LogP contribution is 2.17. The number of piperidine rings is 1. The SMILES string of the molecule is Cl.NC1CCN(CC(=O)NC2CCCCCC2)CC1. The van der Waals surface area contributed by atoms with Crippen LogP contribution in [0.3, 0.4) is 0 Å². The third kappa shape index (κ3) is 6.11. The van der Waals surface area contributed by atoms with Gasteiger partial charge in [-0.2, -0.15) is 0 Å². The average Bonchev–Trinajstić information content (AvgIpc) is 2.61. The summed E-state index contributed by atoms with van der Waals surface area (Å²) in [6.45, 7) is 2.50. The van der Waals surface area contributed by atoms with E-state index in [0.29, 0.717) is 18.6 Å². The number of carbonyl (C=O) groups is 1. The van der Waals surface area contributed by atoms with E-state index in [4.69, 9.17) is 5.73 Å². The fraction of sp³-hybridized carbons (Fsp3) is 0.929. The summed E-state index contributed by atoms with van der Waals surface area (Å²) in [5, 5.41) is 3.21. The minimum atomic E-state index is 0. The van der Waals surface area contributed by atoms with Gasteiger partial charge in [-0.1, -0.05) is 25.7 Å². The molecule has 3 N–H and O–H groups in total. The topological polar surface area (TPSA) is 58.4 Å². The van der Waals surface area contributed by atoms with Crippen LogP contribution >= 0.6 is 12.4 Å². The van der Waals surface area contributed by atoms with Gasteiger partial charge in [-0.25, -0.2) is 0 Å². The Bertz CT molecular complexity index is 259. The lowest BCUT2D eigenvalue weighted by molar-refractivity contribution is -0.123. The van der Waals surface area contributed by atoms with Crippen molar-refractivity contribution in [2.45, 2.75) is 63.5 Å². The molecule has 0 aromatic heterocycles. The molecule has 1 aliphatic heterocycles. The van der Waals surface area contributed by atoms with Gasteiger partial charge >= 0.3 is 0 Å². The highest BCUT2D eigenvalue weighted by Gasteiger charge is 2.20. The van der Waals surface area contributed by atoms with E-state index >= 15 is 0 Å². The van der Waals surface area contributed by atoms with E-state index in [9.17, 15) is 4.79 Å². The molecular formula is C14H28ClN3O. The summed E-state index contributed by atoms with van der Waals surface area (Å²) in [7, 11) is 0. The maximum absolute atomic E-state index is 12.0. The van der Waals surface area contributed by atoms with Gasteiger partial charge in [0.05, 0.1) is 6.54 Å². The highest BCUT2D eigenvalue weighted by molar-refractivity contribution is 5.85. The fourth-order valence-electron chi connectivity index (χ4n) is 3.01. The molecule has 0 aromatic carbocycles. The molecule has 0 aromatic rings. The summed E-state index contributed by atoms with van der Waals surface area (Å²) >= 11 is 0. The summed E-state index contributed by atoms with van der Waals surface area (Å²) in [6, 6.07) is 0.762. The molecule has 112 valence electrons. The normalized spacial score (nSPS) is 23.4. The van der Waals surface area contributed by atoms with Gasteiger partial charge < -0.3 is 11.1 Å². The lowest BCUT2D eigenvalue weighted by Gasteiger charge is -2.30. The maximum atomic E-state index is 12.0. The molecule has 1 amide bonds. The molecule has 0 spiro atoms. The summed E-state index contributed by atoms with van der Waals surface area (Å²) in [5.41, 5.74) is 5.87. The van der Waals surface area contributed by atoms with Crippen molar-refractivity contribution in [2.24, 2.45) is 5.73 Å². The quantitative estimate of drug-likeness (QED) is 0.777. The van der Waals surface area contributed by atoms with Gasteiger partial charge in [0, 0.05) is 25.2 Å². The van der Waals surface area contributed by atoms with Gasteiger partial charge in [-0.15, -0.1) is 12.4 Å². The van der Waals surface area contributed by atoms with Crippen molar-refractivity contribution in [3.63, 3.8) is 0 Å². The third-order valence-corrected chi connectivity index (χ3v) is 4.22. The smallest absolute Gasteiger partial charge is 0.234 e. The molecule has 2 fully saturated rings. The second-order valence-corrected chi connectivity index (χ2v) is 5.87. The molecule has 1 aliphatic carbocycles. The fourth-order valence-corrected chi connectivity index (χ4v) is 3.01. The van der Waals surface area contributed by atoms with Crippen molar-refractivity contribution in [1.29, 1.82) is 0 Å². The molecule has 5 heteroatoms. The molecule has 2 aliphatic rings. The van der Waals surface area contributed by atoms with Crippen molar-refractivity contribution in [3.8, 4) is 0 Å². The zero-order chi connectivity index (χ0) is 12.8. The van der Waals surface area contributed by atoms with Crippen LogP contribution in [-0.2, 0) is 4.79 Å². The summed E-state index contributed by atoms with van der Waals surface area (Å²) in [5.74, 6) is 0.206. The summed E-state index contributed by atoms with van der Waals surface area (Å²) in [4.78, 5) is 14.2. The van der Waals surface area contributed by atoms with Crippen LogP contribution < -0.4 is 11.1 Å². The number of hydrogen-bond donors (Lipinski definition) is 2. The standard InChI is InChI=1S/C14H27N3O.ClH/c15-12-7-9-17(10-8-12)11-14(18)16-13-5-3-1-2-4-6-13;/h12-13H,1-11,15H2,(H,16,18);1H. The molecule has 2 rings (SSSR count). The van der Waals surface area contributed by atoms with Gasteiger partial charge in [-0.3, -0.25) is 9.69 Å². The number of hydrogen-bond acceptors (Lipinski definition) is 3. The van der Waals surface area contributed by atoms with E-state index in [2.05, 4.69) is 10.2 Å². The number of nitrogens with two attached hydrogens (primary N) is 1. The molecule has 0 radical (unpaired) electrons. The van der Waals surface area contributed by atoms with Crippen molar-refractivity contribution in [1.82, 2.24) is 10.2 Å². The number of rotatable bonds is 3. The largest absolute Gasteiger partial charge is 0.352 e. The molecule has 19 heavy (non-hydrogen) atoms. The summed E-state index contributed by atoms with van der Waals surface area (Å²) < 4.78 is 0. The van der Waals surface area contributed by atoms with E-state index in [1.54, 1.807) is 0 Å². The molecular weight excluding hydrogens is 262 g/mol. The van der Waals surface area contributed by atoms with Gasteiger partial charge in [0.2, 0.25) is 5.91 Å². The van der Waals surface area contributed by atoms with Crippen LogP contribution in [0.15, 0.2) is 0 Å². The first kappa shape index (κ1) is 16.7. The van der Waals surface area contributed by atoms with Crippen LogP contribution in [0.4, 0.5) is 0 Å². The summed E-state index contributed by atoms with van der Waals surface area (Å²) in [6.07, 6.45) is 9.57. The van der Waals surface area contributed by atoms with E-state index < -0.39 is 0 Å². The zero-order valence-electron chi connectivity index (χ0n) is 11.8. The predicted octanol–water partition coefficient (Wildman–Crippen LogP) is 1.67. The number of halogens is 1. The number of carbonyl (C=O) groups excluding carboxylic acids is 1. The van der Waals surface area contributed by atoms with Crippen molar-refractivity contribution >= 4 is 18.3 Å². The van der Waals surface area contributed by atoms with Crippen LogP contribution in [0.2, 0.25) is 0 Å². The molecule has 1 saturated carbocycles. The van der Waals surface area contributed by atoms with Crippen molar-refractivity contribution < 1.29 is 4.79 Å². The maximum Gasteiger partial charge on any atom is 0.234 e. The Morgan fingerprint density at radius 3 is 2.21 bits per heavy atom. The first-order chi connectivity index (χ1) is 8.74. The van der Waals surface area contributed by atoms with Gasteiger partial charge in [-0.05, 0) is 25.7 Å². The van der Waals surface area contributed by atoms with Crippen LogP contribution in [0.1, 0.15) is 51.4 Å². The van der Waals surface area contributed by atoms with Crippen molar-refractivity contribution in [3.05, 3.63) is 0 Å². The van der Waals surface area contributed by atoms with Crippen LogP contribution in [-0.4, -0.2) is 42.5 Å². The second-order valence-electron chi connectivity index (χ2n) is 5.87. The number of likely N-dealkylation sites (tertiary alicyclic amines) is 1. The Morgan fingerprint density at radius 1 is 1.05 bits per heavy atom. The minimum Gasteiger partial charge on any atom is -0.352 e. The molecule has 0 atom stereocenters. The molecule has 0 unspecified atom stereocenters. The average molecular weight is 290 g/mol. The Balaban J connectivity index is 0.00000180. The Labute approximate surface area is 122 Å². The Morgan fingerprint density at radius 2 is 1.63 bits per heavy atom. The molecule has 1 heterocycles. The Hall–Kier alpha value is -0.320. The third-order valence-electron chi connectivity index (χ3n) is 4.22. The monoisotopic (exact) mass is 289 g/mol. The van der Waals surface area contributed by atoms with Gasteiger partial charge in [0.1, 0.15) is 0 Å². The van der Waals surface area contributed by atoms with Crippen molar-refractivity contribution in [2.75, 3.05) is 19.6 Å². The first-order valence-electron chi connectivity index (χ1n) is 7.51. The number of amides is 1. The van der Waals surface area contributed by atoms with Crippen LogP contribution in [0.25, 0.3) is 0 Å². The van der Waals surface area contributed by atoms with E-state index in [1.165, 1.54) is 25.7 Å². The Kier molecular flexibility index (Phi) is 7.73. The predicted molar refractivity (Wildman–Crippen MR) is 80.5 cm³/mol.